The third kappa shape index (κ3) is 6.77. The standard InChI is InChI=1S/C28H27ClF3N3O5/c1-16-22(28(30,31)32)15-24-23(33-16)9-10-35(24)27(38)26(17-5-7-18(29)8-6-17)34-19-12-20(39-2)14-21(13-19)40-11-3-4-25(36)37/h5-8,12-15,26,34H,3-4,9-11H2,1-2H3,(H,36,37). The Morgan fingerprint density at radius 1 is 1.15 bits per heavy atom. The van der Waals surface area contributed by atoms with Crippen molar-refractivity contribution in [3.8, 4) is 11.5 Å². The van der Waals surface area contributed by atoms with Crippen molar-refractivity contribution >= 4 is 34.9 Å². The number of alkyl halides is 3. The number of aromatic nitrogens is 1. The molecule has 0 fully saturated rings. The Hall–Kier alpha value is -3.99. The Morgan fingerprint density at radius 3 is 2.50 bits per heavy atom. The quantitative estimate of drug-likeness (QED) is 0.283. The molecule has 8 nitrogen and oxygen atoms in total. The summed E-state index contributed by atoms with van der Waals surface area (Å²) >= 11 is 6.07. The smallest absolute Gasteiger partial charge is 0.418 e. The van der Waals surface area contributed by atoms with Gasteiger partial charge in [-0.1, -0.05) is 23.7 Å². The first-order valence-electron chi connectivity index (χ1n) is 12.4. The lowest BCUT2D eigenvalue weighted by molar-refractivity contribution is -0.138. The van der Waals surface area contributed by atoms with E-state index in [0.717, 1.165) is 6.07 Å². The van der Waals surface area contributed by atoms with E-state index in [4.69, 9.17) is 26.2 Å². The highest BCUT2D eigenvalue weighted by molar-refractivity contribution is 6.30. The lowest BCUT2D eigenvalue weighted by Crippen LogP contribution is -2.37. The van der Waals surface area contributed by atoms with Gasteiger partial charge in [-0.05, 0) is 37.1 Å². The van der Waals surface area contributed by atoms with Gasteiger partial charge in [0, 0.05) is 54.0 Å². The lowest BCUT2D eigenvalue weighted by atomic mass is 10.0. The number of carbonyl (C=O) groups is 2. The first kappa shape index (κ1) is 29.0. The average Bonchev–Trinajstić information content (AvgIpc) is 3.31. The number of anilines is 2. The summed E-state index contributed by atoms with van der Waals surface area (Å²) in [5.74, 6) is -0.610. The number of halogens is 4. The first-order chi connectivity index (χ1) is 19.0. The number of hydrogen-bond donors (Lipinski definition) is 2. The SMILES string of the molecule is COc1cc(NC(C(=O)N2CCc3nc(C)c(C(F)(F)F)cc32)c2ccc(Cl)cc2)cc(OCCCC(=O)O)c1. The molecule has 2 heterocycles. The van der Waals surface area contributed by atoms with E-state index in [1.165, 1.54) is 18.9 Å². The summed E-state index contributed by atoms with van der Waals surface area (Å²) in [6.45, 7) is 1.62. The van der Waals surface area contributed by atoms with Gasteiger partial charge in [0.15, 0.2) is 0 Å². The molecule has 2 aromatic carbocycles. The summed E-state index contributed by atoms with van der Waals surface area (Å²) in [6.07, 6.45) is -4.05. The van der Waals surface area contributed by atoms with E-state index < -0.39 is 29.7 Å². The number of hydrogen-bond acceptors (Lipinski definition) is 6. The fourth-order valence-electron chi connectivity index (χ4n) is 4.45. The number of methoxy groups -OCH3 is 1. The van der Waals surface area contributed by atoms with Crippen LogP contribution < -0.4 is 19.7 Å². The second-order valence-corrected chi connectivity index (χ2v) is 9.63. The maximum atomic E-state index is 14.0. The van der Waals surface area contributed by atoms with E-state index in [9.17, 15) is 22.8 Å². The number of amides is 1. The van der Waals surface area contributed by atoms with E-state index in [0.29, 0.717) is 46.3 Å². The molecular formula is C28H27ClF3N3O5. The molecule has 0 radical (unpaired) electrons. The van der Waals surface area contributed by atoms with E-state index in [-0.39, 0.29) is 31.0 Å². The van der Waals surface area contributed by atoms with Crippen LogP contribution >= 0.6 is 11.6 Å². The minimum atomic E-state index is -4.61. The molecule has 2 N–H and O–H groups in total. The fourth-order valence-corrected chi connectivity index (χ4v) is 4.58. The summed E-state index contributed by atoms with van der Waals surface area (Å²) in [5.41, 5.74) is 0.493. The van der Waals surface area contributed by atoms with Crippen LogP contribution in [0.5, 0.6) is 11.5 Å². The molecule has 1 aromatic heterocycles. The number of ether oxygens (including phenoxy) is 2. The normalized spacial score (nSPS) is 13.5. The molecule has 1 unspecified atom stereocenters. The van der Waals surface area contributed by atoms with Crippen molar-refractivity contribution in [1.29, 1.82) is 0 Å². The maximum absolute atomic E-state index is 14.0. The van der Waals surface area contributed by atoms with E-state index in [1.54, 1.807) is 42.5 Å². The summed E-state index contributed by atoms with van der Waals surface area (Å²) < 4.78 is 52.0. The predicted octanol–water partition coefficient (Wildman–Crippen LogP) is 6.06. The molecule has 1 atom stereocenters. The lowest BCUT2D eigenvalue weighted by Gasteiger charge is -2.27. The van der Waals surface area contributed by atoms with Crippen LogP contribution in [-0.4, -0.2) is 42.2 Å². The van der Waals surface area contributed by atoms with E-state index >= 15 is 0 Å². The zero-order chi connectivity index (χ0) is 29.0. The van der Waals surface area contributed by atoms with Gasteiger partial charge in [-0.25, -0.2) is 0 Å². The molecule has 0 aliphatic carbocycles. The summed E-state index contributed by atoms with van der Waals surface area (Å²) in [4.78, 5) is 30.2. The molecular weight excluding hydrogens is 551 g/mol. The van der Waals surface area contributed by atoms with Crippen LogP contribution in [0.25, 0.3) is 0 Å². The highest BCUT2D eigenvalue weighted by atomic mass is 35.5. The second kappa shape index (κ2) is 12.0. The third-order valence-electron chi connectivity index (χ3n) is 6.38. The number of benzene rings is 2. The minimum absolute atomic E-state index is 0.0516. The zero-order valence-electron chi connectivity index (χ0n) is 21.7. The number of carboxylic acid groups (broad SMARTS) is 1. The molecule has 4 rings (SSSR count). The monoisotopic (exact) mass is 577 g/mol. The summed E-state index contributed by atoms with van der Waals surface area (Å²) in [5, 5.41) is 12.5. The molecule has 3 aromatic rings. The number of rotatable bonds is 10. The Morgan fingerprint density at radius 2 is 1.85 bits per heavy atom. The Labute approximate surface area is 233 Å². The van der Waals surface area contributed by atoms with Crippen LogP contribution in [0, 0.1) is 6.92 Å². The fraction of sp³-hybridized carbons (Fsp3) is 0.321. The van der Waals surface area contributed by atoms with Gasteiger partial charge in [-0.15, -0.1) is 0 Å². The number of fused-ring (bicyclic) bond motifs is 1. The molecule has 0 saturated heterocycles. The van der Waals surface area contributed by atoms with Crippen LogP contribution in [0.1, 0.15) is 41.4 Å². The van der Waals surface area contributed by atoms with E-state index in [2.05, 4.69) is 10.3 Å². The van der Waals surface area contributed by atoms with Gasteiger partial charge in [-0.3, -0.25) is 14.6 Å². The molecule has 0 spiro atoms. The number of pyridine rings is 1. The molecule has 1 aliphatic heterocycles. The predicted molar refractivity (Wildman–Crippen MR) is 143 cm³/mol. The molecule has 12 heteroatoms. The van der Waals surface area contributed by atoms with Crippen LogP contribution in [0.2, 0.25) is 5.02 Å². The zero-order valence-corrected chi connectivity index (χ0v) is 22.5. The first-order valence-corrected chi connectivity index (χ1v) is 12.8. The molecule has 0 bridgehead atoms. The number of aliphatic carboxylic acids is 1. The largest absolute Gasteiger partial charge is 0.497 e. The van der Waals surface area contributed by atoms with Crippen LogP contribution in [0.3, 0.4) is 0 Å². The number of carbonyl (C=O) groups excluding carboxylic acids is 1. The van der Waals surface area contributed by atoms with Gasteiger partial charge in [0.25, 0.3) is 5.91 Å². The van der Waals surface area contributed by atoms with Gasteiger partial charge >= 0.3 is 12.1 Å². The highest BCUT2D eigenvalue weighted by Crippen LogP contribution is 2.38. The van der Waals surface area contributed by atoms with Gasteiger partial charge in [0.1, 0.15) is 17.5 Å². The number of nitrogens with zero attached hydrogens (tertiary/aromatic N) is 2. The van der Waals surface area contributed by atoms with Gasteiger partial charge in [-0.2, -0.15) is 13.2 Å². The topological polar surface area (TPSA) is 101 Å². The van der Waals surface area contributed by atoms with Crippen molar-refractivity contribution in [2.24, 2.45) is 0 Å². The molecule has 0 saturated carbocycles. The Balaban J connectivity index is 1.67. The minimum Gasteiger partial charge on any atom is -0.497 e. The van der Waals surface area contributed by atoms with Gasteiger partial charge in [0.2, 0.25) is 0 Å². The van der Waals surface area contributed by atoms with Crippen LogP contribution in [0.4, 0.5) is 24.5 Å². The van der Waals surface area contributed by atoms with Crippen molar-refractivity contribution in [1.82, 2.24) is 4.98 Å². The van der Waals surface area contributed by atoms with Gasteiger partial charge < -0.3 is 24.8 Å². The third-order valence-corrected chi connectivity index (χ3v) is 6.64. The molecule has 40 heavy (non-hydrogen) atoms. The van der Waals surface area contributed by atoms with Crippen LogP contribution in [-0.2, 0) is 22.2 Å². The average molecular weight is 578 g/mol. The summed E-state index contributed by atoms with van der Waals surface area (Å²) in [6, 6.07) is 11.4. The number of carboxylic acids is 1. The number of aryl methyl sites for hydroxylation is 1. The van der Waals surface area contributed by atoms with Crippen molar-refractivity contribution in [2.45, 2.75) is 38.4 Å². The maximum Gasteiger partial charge on any atom is 0.418 e. The molecule has 1 aliphatic rings. The second-order valence-electron chi connectivity index (χ2n) is 9.20. The van der Waals surface area contributed by atoms with Crippen LogP contribution in [0.15, 0.2) is 48.5 Å². The Kier molecular flexibility index (Phi) is 8.73. The Bertz CT molecular complexity index is 1400. The molecule has 1 amide bonds. The van der Waals surface area contributed by atoms with Crippen molar-refractivity contribution in [3.05, 3.63) is 76.1 Å². The van der Waals surface area contributed by atoms with E-state index in [1.807, 2.05) is 0 Å². The van der Waals surface area contributed by atoms with Crippen molar-refractivity contribution in [2.75, 3.05) is 30.5 Å². The van der Waals surface area contributed by atoms with Crippen molar-refractivity contribution in [3.63, 3.8) is 0 Å². The van der Waals surface area contributed by atoms with Gasteiger partial charge in [0.05, 0.1) is 30.7 Å². The van der Waals surface area contributed by atoms with Crippen molar-refractivity contribution < 1.29 is 37.3 Å². The number of nitrogens with one attached hydrogen (secondary N) is 1. The highest BCUT2D eigenvalue weighted by Gasteiger charge is 2.38. The molecule has 212 valence electrons. The summed E-state index contributed by atoms with van der Waals surface area (Å²) in [7, 11) is 1.46.